The molecule has 100 valence electrons. The van der Waals surface area contributed by atoms with Crippen LogP contribution in [-0.4, -0.2) is 12.0 Å². The number of nitrogen functional groups attached to an aromatic ring is 1. The van der Waals surface area contributed by atoms with Gasteiger partial charge in [-0.05, 0) is 30.9 Å². The summed E-state index contributed by atoms with van der Waals surface area (Å²) in [6, 6.07) is 3.72. The van der Waals surface area contributed by atoms with E-state index in [0.717, 1.165) is 23.6 Å². The predicted octanol–water partition coefficient (Wildman–Crippen LogP) is 2.45. The quantitative estimate of drug-likeness (QED) is 0.501. The number of hydrazine groups is 1. The number of hydrogen-bond acceptors (Lipinski definition) is 4. The monoisotopic (exact) mass is 268 g/mol. The molecule has 4 nitrogen and oxygen atoms in total. The van der Waals surface area contributed by atoms with E-state index >= 15 is 0 Å². The maximum absolute atomic E-state index is 11.3. The van der Waals surface area contributed by atoms with Crippen LogP contribution < -0.4 is 11.3 Å². The number of rotatable bonds is 4. The lowest BCUT2D eigenvalue weighted by molar-refractivity contribution is 0.00591. The summed E-state index contributed by atoms with van der Waals surface area (Å²) >= 11 is 1.44. The fourth-order valence-electron chi connectivity index (χ4n) is 2.38. The first-order valence-electron chi connectivity index (χ1n) is 6.40. The third-order valence-electron chi connectivity index (χ3n) is 3.37. The van der Waals surface area contributed by atoms with Crippen molar-refractivity contribution in [3.63, 3.8) is 0 Å². The first-order valence-corrected chi connectivity index (χ1v) is 7.22. The summed E-state index contributed by atoms with van der Waals surface area (Å²) in [7, 11) is 0. The number of nitrogens with one attached hydrogen (secondary N) is 1. The second-order valence-corrected chi connectivity index (χ2v) is 6.11. The van der Waals surface area contributed by atoms with E-state index in [1.54, 1.807) is 6.07 Å². The van der Waals surface area contributed by atoms with Gasteiger partial charge in [-0.2, -0.15) is 0 Å². The average molecular weight is 268 g/mol. The lowest BCUT2D eigenvalue weighted by Gasteiger charge is -2.26. The molecule has 2 unspecified atom stereocenters. The van der Waals surface area contributed by atoms with Crippen molar-refractivity contribution in [1.29, 1.82) is 0 Å². The van der Waals surface area contributed by atoms with Crippen molar-refractivity contribution in [1.82, 2.24) is 5.43 Å². The van der Waals surface area contributed by atoms with Gasteiger partial charge in [0.1, 0.15) is 0 Å². The molecule has 1 amide bonds. The van der Waals surface area contributed by atoms with Crippen LogP contribution in [-0.2, 0) is 11.3 Å². The summed E-state index contributed by atoms with van der Waals surface area (Å²) in [6.45, 7) is 2.88. The summed E-state index contributed by atoms with van der Waals surface area (Å²) in [6.07, 6.45) is 5.27. The molecule has 1 aromatic heterocycles. The van der Waals surface area contributed by atoms with Crippen molar-refractivity contribution in [3.8, 4) is 0 Å². The number of thiophene rings is 1. The Kier molecular flexibility index (Phi) is 4.74. The molecular formula is C13H20N2O2S. The van der Waals surface area contributed by atoms with Crippen LogP contribution in [0.3, 0.4) is 0 Å². The summed E-state index contributed by atoms with van der Waals surface area (Å²) in [5.74, 6) is 5.63. The minimum atomic E-state index is -0.238. The van der Waals surface area contributed by atoms with Gasteiger partial charge in [0.25, 0.3) is 5.91 Å². The normalized spacial score (nSPS) is 23.9. The number of carbonyl (C=O) groups excluding carboxylic acids is 1. The Bertz CT molecular complexity index is 405. The van der Waals surface area contributed by atoms with Crippen molar-refractivity contribution in [2.24, 2.45) is 11.8 Å². The van der Waals surface area contributed by atoms with Gasteiger partial charge in [0.15, 0.2) is 0 Å². The Labute approximate surface area is 111 Å². The fourth-order valence-corrected chi connectivity index (χ4v) is 3.21. The number of hydrogen-bond donors (Lipinski definition) is 2. The van der Waals surface area contributed by atoms with Crippen molar-refractivity contribution < 1.29 is 9.53 Å². The van der Waals surface area contributed by atoms with Gasteiger partial charge >= 0.3 is 0 Å². The first-order chi connectivity index (χ1) is 8.69. The van der Waals surface area contributed by atoms with Gasteiger partial charge < -0.3 is 4.74 Å². The molecule has 2 atom stereocenters. The van der Waals surface area contributed by atoms with E-state index in [-0.39, 0.29) is 5.91 Å². The van der Waals surface area contributed by atoms with Crippen molar-refractivity contribution in [3.05, 3.63) is 21.9 Å². The molecule has 1 saturated carbocycles. The van der Waals surface area contributed by atoms with Crippen LogP contribution in [0.4, 0.5) is 0 Å². The highest BCUT2D eigenvalue weighted by molar-refractivity contribution is 7.14. The average Bonchev–Trinajstić information content (AvgIpc) is 2.84. The fraction of sp³-hybridized carbons (Fsp3) is 0.615. The highest BCUT2D eigenvalue weighted by Crippen LogP contribution is 2.27. The Morgan fingerprint density at radius 2 is 2.39 bits per heavy atom. The lowest BCUT2D eigenvalue weighted by atomic mass is 9.89. The maximum atomic E-state index is 11.3. The number of nitrogens with two attached hydrogens (primary N) is 1. The van der Waals surface area contributed by atoms with Gasteiger partial charge in [-0.25, -0.2) is 5.84 Å². The molecule has 0 radical (unpaired) electrons. The number of amides is 1. The van der Waals surface area contributed by atoms with Crippen LogP contribution in [0.15, 0.2) is 12.1 Å². The third-order valence-corrected chi connectivity index (χ3v) is 4.42. The smallest absolute Gasteiger partial charge is 0.275 e. The Morgan fingerprint density at radius 3 is 3.11 bits per heavy atom. The van der Waals surface area contributed by atoms with Crippen molar-refractivity contribution >= 4 is 17.2 Å². The van der Waals surface area contributed by atoms with Crippen LogP contribution in [0, 0.1) is 5.92 Å². The summed E-state index contributed by atoms with van der Waals surface area (Å²) in [5.41, 5.74) is 2.14. The van der Waals surface area contributed by atoms with Gasteiger partial charge in [-0.3, -0.25) is 10.2 Å². The summed E-state index contributed by atoms with van der Waals surface area (Å²) < 4.78 is 5.91. The Balaban J connectivity index is 1.82. The molecule has 1 aliphatic rings. The molecule has 0 saturated heterocycles. The maximum Gasteiger partial charge on any atom is 0.275 e. The van der Waals surface area contributed by atoms with Gasteiger partial charge in [-0.1, -0.05) is 19.8 Å². The number of carbonyl (C=O) groups is 1. The van der Waals surface area contributed by atoms with E-state index in [1.807, 2.05) is 6.07 Å². The summed E-state index contributed by atoms with van der Waals surface area (Å²) in [4.78, 5) is 13.0. The minimum absolute atomic E-state index is 0.238. The van der Waals surface area contributed by atoms with E-state index in [4.69, 9.17) is 10.6 Å². The summed E-state index contributed by atoms with van der Waals surface area (Å²) in [5, 5.41) is 0. The molecule has 1 fully saturated rings. The van der Waals surface area contributed by atoms with Gasteiger partial charge in [0, 0.05) is 4.88 Å². The van der Waals surface area contributed by atoms with E-state index in [9.17, 15) is 4.79 Å². The second-order valence-electron chi connectivity index (χ2n) is 4.94. The van der Waals surface area contributed by atoms with E-state index in [1.165, 1.54) is 24.2 Å². The van der Waals surface area contributed by atoms with E-state index in [0.29, 0.717) is 17.6 Å². The predicted molar refractivity (Wildman–Crippen MR) is 72.2 cm³/mol. The van der Waals surface area contributed by atoms with Crippen molar-refractivity contribution in [2.75, 3.05) is 0 Å². The Morgan fingerprint density at radius 1 is 1.56 bits per heavy atom. The van der Waals surface area contributed by atoms with Crippen LogP contribution in [0.2, 0.25) is 0 Å². The highest BCUT2D eigenvalue weighted by Gasteiger charge is 2.19. The highest BCUT2D eigenvalue weighted by atomic mass is 32.1. The zero-order valence-corrected chi connectivity index (χ0v) is 11.5. The molecule has 0 spiro atoms. The molecule has 2 rings (SSSR count). The molecule has 1 aliphatic carbocycles. The standard InChI is InChI=1S/C13H20N2O2S/c1-9-3-2-4-10(7-9)17-8-11-5-6-12(18-11)13(16)15-14/h5-6,9-10H,2-4,7-8,14H2,1H3,(H,15,16). The van der Waals surface area contributed by atoms with Crippen LogP contribution in [0.1, 0.15) is 47.2 Å². The molecule has 1 aromatic rings. The SMILES string of the molecule is CC1CCCC(OCc2ccc(C(=O)NN)s2)C1. The van der Waals surface area contributed by atoms with Crippen LogP contribution in [0.25, 0.3) is 0 Å². The van der Waals surface area contributed by atoms with Crippen LogP contribution in [0.5, 0.6) is 0 Å². The van der Waals surface area contributed by atoms with Crippen LogP contribution >= 0.6 is 11.3 Å². The molecule has 18 heavy (non-hydrogen) atoms. The molecular weight excluding hydrogens is 248 g/mol. The van der Waals surface area contributed by atoms with Gasteiger partial charge in [0.05, 0.1) is 17.6 Å². The Hall–Kier alpha value is -0.910. The van der Waals surface area contributed by atoms with E-state index in [2.05, 4.69) is 12.3 Å². The molecule has 0 bridgehead atoms. The molecule has 0 aliphatic heterocycles. The molecule has 1 heterocycles. The zero-order chi connectivity index (χ0) is 13.0. The topological polar surface area (TPSA) is 64.3 Å². The third kappa shape index (κ3) is 3.54. The van der Waals surface area contributed by atoms with E-state index < -0.39 is 0 Å². The first kappa shape index (κ1) is 13.5. The minimum Gasteiger partial charge on any atom is -0.373 e. The van der Waals surface area contributed by atoms with Crippen molar-refractivity contribution in [2.45, 2.75) is 45.3 Å². The largest absolute Gasteiger partial charge is 0.373 e. The molecule has 3 N–H and O–H groups in total. The van der Waals surface area contributed by atoms with Gasteiger partial charge in [-0.15, -0.1) is 11.3 Å². The lowest BCUT2D eigenvalue weighted by Crippen LogP contribution is -2.29. The van der Waals surface area contributed by atoms with Gasteiger partial charge in [0.2, 0.25) is 0 Å². The zero-order valence-electron chi connectivity index (χ0n) is 10.6. The second kappa shape index (κ2) is 6.31. The number of ether oxygens (including phenoxy) is 1. The molecule has 5 heteroatoms. The molecule has 0 aromatic carbocycles.